The van der Waals surface area contributed by atoms with Crippen molar-refractivity contribution in [3.63, 3.8) is 0 Å². The number of para-hydroxylation sites is 2. The van der Waals surface area contributed by atoms with Crippen LogP contribution in [0.5, 0.6) is 0 Å². The van der Waals surface area contributed by atoms with Gasteiger partial charge in [-0.3, -0.25) is 10.6 Å². The van der Waals surface area contributed by atoms with Gasteiger partial charge in [0.1, 0.15) is 0 Å². The molecule has 22 heavy (non-hydrogen) atoms. The molecule has 6 amide bonds. The molecule has 0 aromatic heterocycles. The Labute approximate surface area is 126 Å². The summed E-state index contributed by atoms with van der Waals surface area (Å²) in [5.74, 6) is 0. The molecule has 0 atom stereocenters. The first-order valence-electron chi connectivity index (χ1n) is 6.43. The van der Waals surface area contributed by atoms with Crippen LogP contribution >= 0.6 is 0 Å². The first kappa shape index (κ1) is 15.0. The van der Waals surface area contributed by atoms with E-state index in [1.165, 1.54) is 0 Å². The largest absolute Gasteiger partial charge is 0.330 e. The minimum absolute atomic E-state index is 0.529. The highest BCUT2D eigenvalue weighted by Crippen LogP contribution is 2.05. The van der Waals surface area contributed by atoms with Crippen molar-refractivity contribution in [3.05, 3.63) is 60.7 Å². The molecule has 112 valence electrons. The molecule has 0 heterocycles. The van der Waals surface area contributed by atoms with Crippen molar-refractivity contribution < 1.29 is 14.4 Å². The average molecular weight is 298 g/mol. The fourth-order valence-electron chi connectivity index (χ4n) is 1.61. The van der Waals surface area contributed by atoms with Crippen LogP contribution in [-0.4, -0.2) is 18.1 Å². The molecule has 2 rings (SSSR count). The molecule has 0 aliphatic carbocycles. The Morgan fingerprint density at radius 2 is 0.909 bits per heavy atom. The smallest absolute Gasteiger partial charge is 0.308 e. The van der Waals surface area contributed by atoms with E-state index in [9.17, 15) is 14.4 Å². The van der Waals surface area contributed by atoms with Crippen molar-refractivity contribution in [1.29, 1.82) is 0 Å². The van der Waals surface area contributed by atoms with Gasteiger partial charge >= 0.3 is 18.1 Å². The van der Waals surface area contributed by atoms with Gasteiger partial charge in [0.05, 0.1) is 0 Å². The van der Waals surface area contributed by atoms with E-state index in [0.29, 0.717) is 11.4 Å². The predicted molar refractivity (Wildman–Crippen MR) is 82.6 cm³/mol. The van der Waals surface area contributed by atoms with Gasteiger partial charge in [-0.25, -0.2) is 14.4 Å². The summed E-state index contributed by atoms with van der Waals surface area (Å²) < 4.78 is 0. The monoisotopic (exact) mass is 298 g/mol. The van der Waals surface area contributed by atoms with Crippen LogP contribution in [0.1, 0.15) is 0 Å². The molecule has 0 aliphatic rings. The number of carbonyl (C=O) groups is 3. The topological polar surface area (TPSA) is 99.3 Å². The van der Waals surface area contributed by atoms with Crippen LogP contribution in [-0.2, 0) is 0 Å². The quantitative estimate of drug-likeness (QED) is 0.686. The number of hydrogen-bond donors (Lipinski definition) is 4. The van der Waals surface area contributed by atoms with Gasteiger partial charge in [-0.2, -0.15) is 0 Å². The highest BCUT2D eigenvalue weighted by Gasteiger charge is 2.11. The van der Waals surface area contributed by atoms with Crippen molar-refractivity contribution >= 4 is 29.5 Å². The fraction of sp³-hybridized carbons (Fsp3) is 0. The number of rotatable bonds is 2. The van der Waals surface area contributed by atoms with Crippen LogP contribution in [0.3, 0.4) is 0 Å². The zero-order valence-corrected chi connectivity index (χ0v) is 11.5. The SMILES string of the molecule is O=C(NC(=O)Nc1ccccc1)NC(=O)Nc1ccccc1. The Bertz CT molecular complexity index is 602. The minimum atomic E-state index is -0.929. The molecule has 0 spiro atoms. The Hall–Kier alpha value is -3.35. The second kappa shape index (κ2) is 7.44. The maximum absolute atomic E-state index is 11.5. The van der Waals surface area contributed by atoms with E-state index in [1.807, 2.05) is 10.6 Å². The zero-order valence-electron chi connectivity index (χ0n) is 11.5. The normalized spacial score (nSPS) is 9.45. The lowest BCUT2D eigenvalue weighted by molar-refractivity contribution is 0.229. The summed E-state index contributed by atoms with van der Waals surface area (Å²) in [4.78, 5) is 34.6. The lowest BCUT2D eigenvalue weighted by atomic mass is 10.3. The first-order valence-corrected chi connectivity index (χ1v) is 6.43. The second-order valence-corrected chi connectivity index (χ2v) is 4.22. The standard InChI is InChI=1S/C15H14N4O3/c20-13(16-11-7-3-1-4-8-11)18-15(22)19-14(21)17-12-9-5-2-6-10-12/h1-10H,(H4,16,17,18,19,20,21,22). The molecule has 7 heteroatoms. The highest BCUT2D eigenvalue weighted by atomic mass is 16.2. The first-order chi connectivity index (χ1) is 10.6. The van der Waals surface area contributed by atoms with Crippen LogP contribution in [0.25, 0.3) is 0 Å². The molecule has 4 N–H and O–H groups in total. The van der Waals surface area contributed by atoms with Gasteiger partial charge in [0.2, 0.25) is 0 Å². The highest BCUT2D eigenvalue weighted by molar-refractivity contribution is 6.07. The molecule has 2 aromatic rings. The Morgan fingerprint density at radius 1 is 0.545 bits per heavy atom. The third-order valence-electron chi connectivity index (χ3n) is 2.52. The van der Waals surface area contributed by atoms with E-state index in [-0.39, 0.29) is 0 Å². The third-order valence-corrected chi connectivity index (χ3v) is 2.52. The molecular weight excluding hydrogens is 284 g/mol. The number of imide groups is 2. The van der Waals surface area contributed by atoms with Gasteiger partial charge in [0, 0.05) is 11.4 Å². The maximum atomic E-state index is 11.5. The number of carbonyl (C=O) groups excluding carboxylic acids is 3. The fourth-order valence-corrected chi connectivity index (χ4v) is 1.61. The van der Waals surface area contributed by atoms with Crippen LogP contribution in [0.15, 0.2) is 60.7 Å². The number of urea groups is 3. The van der Waals surface area contributed by atoms with Crippen molar-refractivity contribution in [2.45, 2.75) is 0 Å². The van der Waals surface area contributed by atoms with Gasteiger partial charge in [0.15, 0.2) is 0 Å². The summed E-state index contributed by atoms with van der Waals surface area (Å²) in [5.41, 5.74) is 1.06. The molecule has 0 aliphatic heterocycles. The predicted octanol–water partition coefficient (Wildman–Crippen LogP) is 2.75. The lowest BCUT2D eigenvalue weighted by Gasteiger charge is -2.08. The van der Waals surface area contributed by atoms with Gasteiger partial charge in [0.25, 0.3) is 0 Å². The van der Waals surface area contributed by atoms with E-state index >= 15 is 0 Å². The lowest BCUT2D eigenvalue weighted by Crippen LogP contribution is -2.45. The summed E-state index contributed by atoms with van der Waals surface area (Å²) in [5, 5.41) is 8.87. The number of amides is 6. The number of anilines is 2. The van der Waals surface area contributed by atoms with Gasteiger partial charge in [-0.1, -0.05) is 36.4 Å². The van der Waals surface area contributed by atoms with Gasteiger partial charge in [-0.05, 0) is 24.3 Å². The number of hydrogen-bond acceptors (Lipinski definition) is 3. The Kier molecular flexibility index (Phi) is 5.09. The number of nitrogens with one attached hydrogen (secondary N) is 4. The Morgan fingerprint density at radius 3 is 1.27 bits per heavy atom. The van der Waals surface area contributed by atoms with E-state index in [2.05, 4.69) is 10.6 Å². The molecule has 0 saturated carbocycles. The summed E-state index contributed by atoms with van der Waals surface area (Å²) in [6.07, 6.45) is 0. The van der Waals surface area contributed by atoms with Crippen LogP contribution < -0.4 is 21.3 Å². The molecule has 0 radical (unpaired) electrons. The van der Waals surface area contributed by atoms with Gasteiger partial charge in [-0.15, -0.1) is 0 Å². The maximum Gasteiger partial charge on any atom is 0.330 e. The summed E-state index contributed by atoms with van der Waals surface area (Å²) in [6.45, 7) is 0. The van der Waals surface area contributed by atoms with Crippen LogP contribution in [0.4, 0.5) is 25.8 Å². The van der Waals surface area contributed by atoms with E-state index < -0.39 is 18.1 Å². The average Bonchev–Trinajstić information content (AvgIpc) is 2.48. The molecule has 0 saturated heterocycles. The minimum Gasteiger partial charge on any atom is -0.308 e. The van der Waals surface area contributed by atoms with Crippen LogP contribution in [0.2, 0.25) is 0 Å². The van der Waals surface area contributed by atoms with E-state index in [0.717, 1.165) is 0 Å². The summed E-state index contributed by atoms with van der Waals surface area (Å²) in [6, 6.07) is 14.8. The van der Waals surface area contributed by atoms with Crippen molar-refractivity contribution in [2.75, 3.05) is 10.6 Å². The van der Waals surface area contributed by atoms with Crippen molar-refractivity contribution in [3.8, 4) is 0 Å². The molecule has 0 bridgehead atoms. The molecule has 0 fully saturated rings. The number of benzene rings is 2. The second-order valence-electron chi connectivity index (χ2n) is 4.22. The molecule has 2 aromatic carbocycles. The third kappa shape index (κ3) is 4.97. The van der Waals surface area contributed by atoms with Crippen molar-refractivity contribution in [2.24, 2.45) is 0 Å². The summed E-state index contributed by atoms with van der Waals surface area (Å²) in [7, 11) is 0. The van der Waals surface area contributed by atoms with E-state index in [4.69, 9.17) is 0 Å². The molecular formula is C15H14N4O3. The molecule has 0 unspecified atom stereocenters. The van der Waals surface area contributed by atoms with Gasteiger partial charge < -0.3 is 10.6 Å². The zero-order chi connectivity index (χ0) is 15.8. The van der Waals surface area contributed by atoms with Crippen molar-refractivity contribution in [1.82, 2.24) is 10.6 Å². The molecule has 7 nitrogen and oxygen atoms in total. The summed E-state index contributed by atoms with van der Waals surface area (Å²) >= 11 is 0. The van der Waals surface area contributed by atoms with Crippen LogP contribution in [0, 0.1) is 0 Å². The van der Waals surface area contributed by atoms with E-state index in [1.54, 1.807) is 60.7 Å². The Balaban J connectivity index is 1.77.